The molecule has 7 nitrogen and oxygen atoms in total. The standard InChI is InChI=1S/C9H21N5O2S/c1-7(2)14-17(15,16)12-6-5-11-9(10)13-8-3-4-8/h7-8,12,14H,3-6H2,1-2H3,(H3,10,11,13). The zero-order valence-electron chi connectivity index (χ0n) is 10.2. The summed E-state index contributed by atoms with van der Waals surface area (Å²) in [6, 6.07) is 0.329. The van der Waals surface area contributed by atoms with Crippen LogP contribution >= 0.6 is 0 Å². The summed E-state index contributed by atoms with van der Waals surface area (Å²) in [6.45, 7) is 4.07. The van der Waals surface area contributed by atoms with Gasteiger partial charge >= 0.3 is 0 Å². The zero-order chi connectivity index (χ0) is 12.9. The van der Waals surface area contributed by atoms with Gasteiger partial charge in [0.25, 0.3) is 10.2 Å². The molecule has 0 heterocycles. The van der Waals surface area contributed by atoms with Crippen molar-refractivity contribution in [2.75, 3.05) is 13.1 Å². The van der Waals surface area contributed by atoms with Crippen LogP contribution in [-0.4, -0.2) is 39.6 Å². The van der Waals surface area contributed by atoms with Crippen LogP contribution in [0.5, 0.6) is 0 Å². The Kier molecular flexibility index (Phi) is 5.16. The minimum Gasteiger partial charge on any atom is -0.370 e. The van der Waals surface area contributed by atoms with Crippen LogP contribution in [0, 0.1) is 0 Å². The SMILES string of the molecule is CC(C)NS(=O)(=O)NCCN=C(N)NC1CC1. The minimum atomic E-state index is -3.42. The predicted octanol–water partition coefficient (Wildman–Crippen LogP) is -1.11. The van der Waals surface area contributed by atoms with Crippen molar-refractivity contribution in [3.05, 3.63) is 0 Å². The highest BCUT2D eigenvalue weighted by molar-refractivity contribution is 7.87. The Morgan fingerprint density at radius 3 is 2.65 bits per heavy atom. The van der Waals surface area contributed by atoms with Gasteiger partial charge in [-0.2, -0.15) is 13.1 Å². The van der Waals surface area contributed by atoms with E-state index in [4.69, 9.17) is 5.73 Å². The van der Waals surface area contributed by atoms with Gasteiger partial charge in [0, 0.05) is 18.6 Å². The van der Waals surface area contributed by atoms with E-state index in [9.17, 15) is 8.42 Å². The Morgan fingerprint density at radius 2 is 2.12 bits per heavy atom. The van der Waals surface area contributed by atoms with E-state index in [-0.39, 0.29) is 12.6 Å². The molecule has 0 aromatic rings. The molecule has 0 unspecified atom stereocenters. The Morgan fingerprint density at radius 1 is 1.47 bits per heavy atom. The van der Waals surface area contributed by atoms with E-state index < -0.39 is 10.2 Å². The maximum absolute atomic E-state index is 11.4. The van der Waals surface area contributed by atoms with Crippen molar-refractivity contribution in [3.8, 4) is 0 Å². The van der Waals surface area contributed by atoms with Gasteiger partial charge in [-0.3, -0.25) is 4.99 Å². The fourth-order valence-corrected chi connectivity index (χ4v) is 2.25. The van der Waals surface area contributed by atoms with Crippen molar-refractivity contribution in [2.45, 2.75) is 38.8 Å². The van der Waals surface area contributed by atoms with Gasteiger partial charge in [0.05, 0.1) is 6.54 Å². The van der Waals surface area contributed by atoms with E-state index in [1.54, 1.807) is 13.8 Å². The third-order valence-electron chi connectivity index (χ3n) is 2.01. The van der Waals surface area contributed by atoms with E-state index in [1.807, 2.05) is 0 Å². The molecule has 1 rings (SSSR count). The topological polar surface area (TPSA) is 109 Å². The van der Waals surface area contributed by atoms with Crippen LogP contribution in [-0.2, 0) is 10.2 Å². The van der Waals surface area contributed by atoms with E-state index >= 15 is 0 Å². The number of aliphatic imine (C=N–C) groups is 1. The highest BCUT2D eigenvalue weighted by Gasteiger charge is 2.21. The van der Waals surface area contributed by atoms with Crippen molar-refractivity contribution in [3.63, 3.8) is 0 Å². The molecule has 0 atom stereocenters. The van der Waals surface area contributed by atoms with Gasteiger partial charge in [0.2, 0.25) is 0 Å². The molecule has 0 spiro atoms. The fraction of sp³-hybridized carbons (Fsp3) is 0.889. The summed E-state index contributed by atoms with van der Waals surface area (Å²) in [5.41, 5.74) is 5.59. The largest absolute Gasteiger partial charge is 0.370 e. The molecule has 5 N–H and O–H groups in total. The third kappa shape index (κ3) is 7.14. The van der Waals surface area contributed by atoms with Gasteiger partial charge < -0.3 is 11.1 Å². The quantitative estimate of drug-likeness (QED) is 0.265. The molecule has 0 radical (unpaired) electrons. The molecule has 0 amide bonds. The maximum atomic E-state index is 11.4. The van der Waals surface area contributed by atoms with Crippen molar-refractivity contribution in [1.29, 1.82) is 0 Å². The summed E-state index contributed by atoms with van der Waals surface area (Å²) in [4.78, 5) is 4.02. The normalized spacial score (nSPS) is 17.5. The van der Waals surface area contributed by atoms with Crippen LogP contribution < -0.4 is 20.5 Å². The minimum absolute atomic E-state index is 0.127. The highest BCUT2D eigenvalue weighted by atomic mass is 32.2. The molecule has 1 fully saturated rings. The number of rotatable bonds is 7. The molecular weight excluding hydrogens is 242 g/mol. The molecule has 8 heteroatoms. The summed E-state index contributed by atoms with van der Waals surface area (Å²) >= 11 is 0. The van der Waals surface area contributed by atoms with Crippen molar-refractivity contribution >= 4 is 16.2 Å². The zero-order valence-corrected chi connectivity index (χ0v) is 11.0. The second-order valence-corrected chi connectivity index (χ2v) is 5.89. The van der Waals surface area contributed by atoms with Gasteiger partial charge in [0.15, 0.2) is 5.96 Å². The molecule has 0 bridgehead atoms. The number of guanidine groups is 1. The highest BCUT2D eigenvalue weighted by Crippen LogP contribution is 2.17. The molecule has 1 aliphatic rings. The third-order valence-corrected chi connectivity index (χ3v) is 3.37. The molecule has 0 saturated heterocycles. The average Bonchev–Trinajstić information content (AvgIpc) is 2.94. The molecule has 0 aromatic carbocycles. The first-order valence-electron chi connectivity index (χ1n) is 5.72. The Balaban J connectivity index is 2.17. The van der Waals surface area contributed by atoms with Gasteiger partial charge in [-0.1, -0.05) is 0 Å². The van der Waals surface area contributed by atoms with Gasteiger partial charge in [-0.25, -0.2) is 4.72 Å². The molecule has 1 aliphatic carbocycles. The van der Waals surface area contributed by atoms with Crippen LogP contribution in [0.15, 0.2) is 4.99 Å². The predicted molar refractivity (Wildman–Crippen MR) is 67.8 cm³/mol. The van der Waals surface area contributed by atoms with E-state index in [0.29, 0.717) is 18.5 Å². The summed E-state index contributed by atoms with van der Waals surface area (Å²) in [5.74, 6) is 0.378. The average molecular weight is 263 g/mol. The van der Waals surface area contributed by atoms with Crippen molar-refractivity contribution in [1.82, 2.24) is 14.8 Å². The van der Waals surface area contributed by atoms with Gasteiger partial charge in [-0.05, 0) is 26.7 Å². The summed E-state index contributed by atoms with van der Waals surface area (Å²) in [5, 5.41) is 3.02. The van der Waals surface area contributed by atoms with Crippen LogP contribution in [0.25, 0.3) is 0 Å². The van der Waals surface area contributed by atoms with Crippen LogP contribution in [0.4, 0.5) is 0 Å². The first kappa shape index (κ1) is 14.2. The number of hydrogen-bond donors (Lipinski definition) is 4. The summed E-state index contributed by atoms with van der Waals surface area (Å²) in [7, 11) is -3.42. The van der Waals surface area contributed by atoms with Crippen molar-refractivity contribution < 1.29 is 8.42 Å². The Bertz CT molecular complexity index is 362. The van der Waals surface area contributed by atoms with E-state index in [1.165, 1.54) is 0 Å². The fourth-order valence-electron chi connectivity index (χ4n) is 1.19. The van der Waals surface area contributed by atoms with Crippen LogP contribution in [0.1, 0.15) is 26.7 Å². The Labute approximate surface area is 102 Å². The monoisotopic (exact) mass is 263 g/mol. The first-order valence-corrected chi connectivity index (χ1v) is 7.21. The molecule has 100 valence electrons. The van der Waals surface area contributed by atoms with Crippen LogP contribution in [0.3, 0.4) is 0 Å². The number of nitrogens with zero attached hydrogens (tertiary/aromatic N) is 1. The second kappa shape index (κ2) is 6.18. The first-order chi connectivity index (χ1) is 7.89. The van der Waals surface area contributed by atoms with Crippen molar-refractivity contribution in [2.24, 2.45) is 10.7 Å². The summed E-state index contributed by atoms with van der Waals surface area (Å²) in [6.07, 6.45) is 2.25. The second-order valence-electron chi connectivity index (χ2n) is 4.36. The lowest BCUT2D eigenvalue weighted by Crippen LogP contribution is -2.41. The van der Waals surface area contributed by atoms with E-state index in [2.05, 4.69) is 19.8 Å². The molecule has 0 aliphatic heterocycles. The van der Waals surface area contributed by atoms with E-state index in [0.717, 1.165) is 12.8 Å². The lowest BCUT2D eigenvalue weighted by molar-refractivity contribution is 0.555. The smallest absolute Gasteiger partial charge is 0.277 e. The van der Waals surface area contributed by atoms with Gasteiger partial charge in [0.1, 0.15) is 0 Å². The maximum Gasteiger partial charge on any atom is 0.277 e. The molecule has 0 aromatic heterocycles. The Hall–Kier alpha value is -0.860. The summed E-state index contributed by atoms with van der Waals surface area (Å²) < 4.78 is 27.5. The molecule has 1 saturated carbocycles. The molecule has 17 heavy (non-hydrogen) atoms. The number of nitrogens with one attached hydrogen (secondary N) is 3. The number of hydrogen-bond acceptors (Lipinski definition) is 3. The lowest BCUT2D eigenvalue weighted by Gasteiger charge is -2.09. The van der Waals surface area contributed by atoms with Crippen LogP contribution in [0.2, 0.25) is 0 Å². The number of nitrogens with two attached hydrogens (primary N) is 1. The molecular formula is C9H21N5O2S. The van der Waals surface area contributed by atoms with Gasteiger partial charge in [-0.15, -0.1) is 0 Å². The lowest BCUT2D eigenvalue weighted by atomic mass is 10.4.